The van der Waals surface area contributed by atoms with Crippen molar-refractivity contribution in [2.45, 2.75) is 12.8 Å². The molecule has 7 heteroatoms. The van der Waals surface area contributed by atoms with Crippen molar-refractivity contribution >= 4 is 35.6 Å². The van der Waals surface area contributed by atoms with Gasteiger partial charge in [-0.3, -0.25) is 9.59 Å². The normalized spacial score (nSPS) is 13.9. The first-order valence-electron chi connectivity index (χ1n) is 7.10. The molecule has 0 spiro atoms. The molecule has 0 aliphatic carbocycles. The number of anilines is 2. The lowest BCUT2D eigenvalue weighted by atomic mass is 10.2. The highest BCUT2D eigenvalue weighted by molar-refractivity contribution is 5.96. The van der Waals surface area contributed by atoms with E-state index in [0.29, 0.717) is 19.6 Å². The van der Waals surface area contributed by atoms with Gasteiger partial charge in [-0.15, -0.1) is 12.4 Å². The lowest BCUT2D eigenvalue weighted by molar-refractivity contribution is -0.117. The number of hydrogen-bond donors (Lipinski definition) is 2. The zero-order chi connectivity index (χ0) is 15.1. The molecule has 1 aromatic carbocycles. The molecule has 1 aliphatic heterocycles. The summed E-state index contributed by atoms with van der Waals surface area (Å²) in [6.45, 7) is 2.23. The first-order valence-corrected chi connectivity index (χ1v) is 7.10. The van der Waals surface area contributed by atoms with E-state index >= 15 is 0 Å². The second-order valence-electron chi connectivity index (χ2n) is 4.91. The van der Waals surface area contributed by atoms with Crippen LogP contribution in [0.1, 0.15) is 12.8 Å². The zero-order valence-corrected chi connectivity index (χ0v) is 13.4. The number of halogens is 1. The maximum Gasteiger partial charge on any atom is 0.238 e. The monoisotopic (exact) mass is 327 g/mol. The Morgan fingerprint density at radius 3 is 2.64 bits per heavy atom. The summed E-state index contributed by atoms with van der Waals surface area (Å²) >= 11 is 0. The van der Waals surface area contributed by atoms with E-state index in [9.17, 15) is 9.59 Å². The number of rotatable bonds is 7. The molecule has 2 amide bonds. The van der Waals surface area contributed by atoms with E-state index < -0.39 is 0 Å². The van der Waals surface area contributed by atoms with E-state index in [2.05, 4.69) is 10.6 Å². The lowest BCUT2D eigenvalue weighted by Crippen LogP contribution is -2.30. The molecule has 1 saturated heterocycles. The molecule has 1 heterocycles. The Labute approximate surface area is 136 Å². The predicted molar refractivity (Wildman–Crippen MR) is 88.7 cm³/mol. The Kier molecular flexibility index (Phi) is 7.87. The van der Waals surface area contributed by atoms with Crippen LogP contribution in [0.3, 0.4) is 0 Å². The van der Waals surface area contributed by atoms with E-state index in [1.807, 2.05) is 24.3 Å². The van der Waals surface area contributed by atoms with Crippen molar-refractivity contribution in [1.82, 2.24) is 5.32 Å². The highest BCUT2D eigenvalue weighted by Gasteiger charge is 2.21. The molecule has 0 unspecified atom stereocenters. The van der Waals surface area contributed by atoms with Gasteiger partial charge < -0.3 is 20.3 Å². The van der Waals surface area contributed by atoms with Crippen LogP contribution in [0.5, 0.6) is 0 Å². The Bertz CT molecular complexity index is 493. The van der Waals surface area contributed by atoms with Gasteiger partial charge in [0.05, 0.1) is 13.2 Å². The molecular weight excluding hydrogens is 306 g/mol. The van der Waals surface area contributed by atoms with Crippen LogP contribution < -0.4 is 15.5 Å². The number of ether oxygens (including phenoxy) is 1. The minimum atomic E-state index is -0.101. The number of carbonyl (C=O) groups is 2. The molecule has 2 N–H and O–H groups in total. The lowest BCUT2D eigenvalue weighted by Gasteiger charge is -2.16. The molecular formula is C15H22ClN3O3. The van der Waals surface area contributed by atoms with Gasteiger partial charge in [0.1, 0.15) is 0 Å². The van der Waals surface area contributed by atoms with Gasteiger partial charge in [0.2, 0.25) is 11.8 Å². The second-order valence-corrected chi connectivity index (χ2v) is 4.91. The molecule has 1 fully saturated rings. The maximum atomic E-state index is 11.7. The SMILES string of the molecule is COCCNCC(=O)Nc1ccc(N2CCCC2=O)cc1.Cl. The molecule has 0 aromatic heterocycles. The molecule has 0 bridgehead atoms. The smallest absolute Gasteiger partial charge is 0.238 e. The summed E-state index contributed by atoms with van der Waals surface area (Å²) in [7, 11) is 1.62. The van der Waals surface area contributed by atoms with E-state index in [-0.39, 0.29) is 30.8 Å². The van der Waals surface area contributed by atoms with Crippen molar-refractivity contribution in [1.29, 1.82) is 0 Å². The molecule has 1 aliphatic rings. The summed E-state index contributed by atoms with van der Waals surface area (Å²) in [4.78, 5) is 25.1. The van der Waals surface area contributed by atoms with Crippen molar-refractivity contribution in [2.24, 2.45) is 0 Å². The van der Waals surface area contributed by atoms with E-state index in [1.54, 1.807) is 12.0 Å². The average molecular weight is 328 g/mol. The van der Waals surface area contributed by atoms with Crippen LogP contribution in [0.15, 0.2) is 24.3 Å². The Morgan fingerprint density at radius 2 is 2.05 bits per heavy atom. The Morgan fingerprint density at radius 1 is 1.32 bits per heavy atom. The third-order valence-corrected chi connectivity index (χ3v) is 3.30. The fourth-order valence-electron chi connectivity index (χ4n) is 2.23. The van der Waals surface area contributed by atoms with Gasteiger partial charge in [-0.1, -0.05) is 0 Å². The van der Waals surface area contributed by atoms with Crippen molar-refractivity contribution in [2.75, 3.05) is 43.6 Å². The predicted octanol–water partition coefficient (Wildman–Crippen LogP) is 1.41. The molecule has 2 rings (SSSR count). The van der Waals surface area contributed by atoms with Crippen LogP contribution in [0, 0.1) is 0 Å². The number of methoxy groups -OCH3 is 1. The van der Waals surface area contributed by atoms with Crippen LogP contribution >= 0.6 is 12.4 Å². The number of amides is 2. The molecule has 22 heavy (non-hydrogen) atoms. The molecule has 1 aromatic rings. The molecule has 0 radical (unpaired) electrons. The molecule has 122 valence electrons. The number of carbonyl (C=O) groups excluding carboxylic acids is 2. The van der Waals surface area contributed by atoms with Gasteiger partial charge in [-0.2, -0.15) is 0 Å². The van der Waals surface area contributed by atoms with Crippen LogP contribution in [0.2, 0.25) is 0 Å². The summed E-state index contributed by atoms with van der Waals surface area (Å²) in [5.74, 6) is 0.0604. The van der Waals surface area contributed by atoms with Gasteiger partial charge in [-0.05, 0) is 30.7 Å². The first kappa shape index (κ1) is 18.4. The highest BCUT2D eigenvalue weighted by atomic mass is 35.5. The number of nitrogens with one attached hydrogen (secondary N) is 2. The minimum absolute atomic E-state index is 0. The number of nitrogens with zero attached hydrogens (tertiary/aromatic N) is 1. The van der Waals surface area contributed by atoms with Gasteiger partial charge in [0.15, 0.2) is 0 Å². The molecule has 6 nitrogen and oxygen atoms in total. The van der Waals surface area contributed by atoms with E-state index in [4.69, 9.17) is 4.74 Å². The Hall–Kier alpha value is -1.63. The molecule has 0 atom stereocenters. The summed E-state index contributed by atoms with van der Waals surface area (Å²) < 4.78 is 4.89. The summed E-state index contributed by atoms with van der Waals surface area (Å²) in [5, 5.41) is 5.78. The van der Waals surface area contributed by atoms with E-state index in [0.717, 1.165) is 24.3 Å². The van der Waals surface area contributed by atoms with Crippen molar-refractivity contribution < 1.29 is 14.3 Å². The zero-order valence-electron chi connectivity index (χ0n) is 12.6. The largest absolute Gasteiger partial charge is 0.383 e. The standard InChI is InChI=1S/C15H21N3O3.ClH/c1-21-10-8-16-11-14(19)17-12-4-6-13(7-5-12)18-9-2-3-15(18)20;/h4-7,16H,2-3,8-11H2,1H3,(H,17,19);1H. The van der Waals surface area contributed by atoms with Gasteiger partial charge in [0.25, 0.3) is 0 Å². The average Bonchev–Trinajstić information content (AvgIpc) is 2.91. The van der Waals surface area contributed by atoms with Crippen molar-refractivity contribution in [3.05, 3.63) is 24.3 Å². The fraction of sp³-hybridized carbons (Fsp3) is 0.467. The van der Waals surface area contributed by atoms with Crippen LogP contribution in [0.25, 0.3) is 0 Å². The van der Waals surface area contributed by atoms with Crippen LogP contribution in [-0.4, -0.2) is 45.2 Å². The first-order chi connectivity index (χ1) is 10.2. The Balaban J connectivity index is 0.00000242. The van der Waals surface area contributed by atoms with E-state index in [1.165, 1.54) is 0 Å². The number of hydrogen-bond acceptors (Lipinski definition) is 4. The number of benzene rings is 1. The summed E-state index contributed by atoms with van der Waals surface area (Å²) in [5.41, 5.74) is 1.61. The van der Waals surface area contributed by atoms with Gasteiger partial charge >= 0.3 is 0 Å². The minimum Gasteiger partial charge on any atom is -0.383 e. The van der Waals surface area contributed by atoms with Crippen molar-refractivity contribution in [3.63, 3.8) is 0 Å². The van der Waals surface area contributed by atoms with Crippen LogP contribution in [-0.2, 0) is 14.3 Å². The fourth-order valence-corrected chi connectivity index (χ4v) is 2.23. The quantitative estimate of drug-likeness (QED) is 0.743. The third kappa shape index (κ3) is 5.29. The molecule has 0 saturated carbocycles. The third-order valence-electron chi connectivity index (χ3n) is 3.30. The van der Waals surface area contributed by atoms with Crippen molar-refractivity contribution in [3.8, 4) is 0 Å². The summed E-state index contributed by atoms with van der Waals surface area (Å²) in [6.07, 6.45) is 1.52. The topological polar surface area (TPSA) is 70.7 Å². The van der Waals surface area contributed by atoms with Gasteiger partial charge in [0, 0.05) is 38.0 Å². The summed E-state index contributed by atoms with van der Waals surface area (Å²) in [6, 6.07) is 7.34. The second kappa shape index (κ2) is 9.40. The maximum absolute atomic E-state index is 11.7. The van der Waals surface area contributed by atoms with Crippen LogP contribution in [0.4, 0.5) is 11.4 Å². The van der Waals surface area contributed by atoms with Gasteiger partial charge in [-0.25, -0.2) is 0 Å². The highest BCUT2D eigenvalue weighted by Crippen LogP contribution is 2.22.